The molecule has 1 aromatic carbocycles. The number of esters is 1. The lowest BCUT2D eigenvalue weighted by Gasteiger charge is -2.17. The maximum absolute atomic E-state index is 13.1. The van der Waals surface area contributed by atoms with Crippen molar-refractivity contribution in [1.82, 2.24) is 0 Å². The quantitative estimate of drug-likeness (QED) is 0.458. The highest BCUT2D eigenvalue weighted by molar-refractivity contribution is 8.00. The summed E-state index contributed by atoms with van der Waals surface area (Å²) in [5, 5.41) is 8.94. The van der Waals surface area contributed by atoms with Crippen molar-refractivity contribution in [3.05, 3.63) is 28.8 Å². The number of nitriles is 1. The summed E-state index contributed by atoms with van der Waals surface area (Å²) in [4.78, 5) is 10.2. The Kier molecular flexibility index (Phi) is 5.93. The van der Waals surface area contributed by atoms with E-state index >= 15 is 0 Å². The average Bonchev–Trinajstić information content (AvgIpc) is 2.37. The van der Waals surface area contributed by atoms with E-state index < -0.39 is 51.9 Å². The molecule has 0 amide bonds. The molecule has 0 saturated carbocycles. The molecule has 0 N–H and O–H groups in total. The SMILES string of the molecule is CCOC(=O)Cc1ccc(SC(F)(F)F)c(C(F)(F)F)c1C#N. The van der Waals surface area contributed by atoms with E-state index in [1.165, 1.54) is 13.0 Å². The van der Waals surface area contributed by atoms with E-state index in [0.717, 1.165) is 6.07 Å². The van der Waals surface area contributed by atoms with Gasteiger partial charge in [0, 0.05) is 4.90 Å². The zero-order chi connectivity index (χ0) is 17.8. The second-order valence-corrected chi connectivity index (χ2v) is 5.22. The van der Waals surface area contributed by atoms with Crippen molar-refractivity contribution >= 4 is 17.7 Å². The van der Waals surface area contributed by atoms with Crippen LogP contribution in [0.2, 0.25) is 0 Å². The minimum atomic E-state index is -5.18. The Morgan fingerprint density at radius 1 is 1.26 bits per heavy atom. The van der Waals surface area contributed by atoms with Crippen molar-refractivity contribution in [2.75, 3.05) is 6.61 Å². The van der Waals surface area contributed by atoms with Crippen molar-refractivity contribution in [2.45, 2.75) is 29.9 Å². The van der Waals surface area contributed by atoms with Gasteiger partial charge in [-0.05, 0) is 30.3 Å². The number of nitrogens with zero attached hydrogens (tertiary/aromatic N) is 1. The van der Waals surface area contributed by atoms with Gasteiger partial charge in [0.15, 0.2) is 0 Å². The fraction of sp³-hybridized carbons (Fsp3) is 0.385. The molecule has 0 spiro atoms. The molecule has 0 fully saturated rings. The highest BCUT2D eigenvalue weighted by Crippen LogP contribution is 2.45. The number of carbonyl (C=O) groups is 1. The lowest BCUT2D eigenvalue weighted by atomic mass is 9.99. The van der Waals surface area contributed by atoms with Crippen LogP contribution >= 0.6 is 11.8 Å². The van der Waals surface area contributed by atoms with Gasteiger partial charge in [0.25, 0.3) is 0 Å². The lowest BCUT2D eigenvalue weighted by Crippen LogP contribution is -2.16. The molecular formula is C13H9F6NO2S. The number of hydrogen-bond donors (Lipinski definition) is 0. The van der Waals surface area contributed by atoms with Gasteiger partial charge >= 0.3 is 17.7 Å². The second-order valence-electron chi connectivity index (χ2n) is 4.11. The molecular weight excluding hydrogens is 348 g/mol. The van der Waals surface area contributed by atoms with Crippen LogP contribution in [0.25, 0.3) is 0 Å². The maximum Gasteiger partial charge on any atom is 0.446 e. The number of rotatable bonds is 4. The minimum absolute atomic E-state index is 0.0190. The third-order valence-electron chi connectivity index (χ3n) is 2.51. The molecule has 3 nitrogen and oxygen atoms in total. The number of ether oxygens (including phenoxy) is 1. The molecule has 0 aromatic heterocycles. The van der Waals surface area contributed by atoms with Crippen molar-refractivity contribution in [1.29, 1.82) is 5.26 Å². The van der Waals surface area contributed by atoms with Crippen molar-refractivity contribution in [3.8, 4) is 6.07 Å². The molecule has 1 aromatic rings. The summed E-state index contributed by atoms with van der Waals surface area (Å²) in [5.74, 6) is -0.881. The number of hydrogen-bond acceptors (Lipinski definition) is 4. The van der Waals surface area contributed by atoms with Gasteiger partial charge in [-0.3, -0.25) is 4.79 Å². The molecule has 0 radical (unpaired) electrons. The minimum Gasteiger partial charge on any atom is -0.466 e. The van der Waals surface area contributed by atoms with Gasteiger partial charge in [0.2, 0.25) is 0 Å². The highest BCUT2D eigenvalue weighted by Gasteiger charge is 2.41. The molecule has 126 valence electrons. The van der Waals surface area contributed by atoms with Crippen molar-refractivity contribution in [3.63, 3.8) is 0 Å². The normalized spacial score (nSPS) is 11.9. The Morgan fingerprint density at radius 2 is 1.87 bits per heavy atom. The first-order chi connectivity index (χ1) is 10.5. The van der Waals surface area contributed by atoms with Gasteiger partial charge in [-0.15, -0.1) is 0 Å². The Hall–Kier alpha value is -1.89. The molecule has 23 heavy (non-hydrogen) atoms. The molecule has 0 aliphatic carbocycles. The first kappa shape index (κ1) is 19.2. The van der Waals surface area contributed by atoms with E-state index in [4.69, 9.17) is 5.26 Å². The Balaban J connectivity index is 3.44. The van der Waals surface area contributed by atoms with Gasteiger partial charge in [-0.25, -0.2) is 0 Å². The molecule has 0 aliphatic rings. The summed E-state index contributed by atoms with van der Waals surface area (Å²) in [6, 6.07) is 2.72. The highest BCUT2D eigenvalue weighted by atomic mass is 32.2. The van der Waals surface area contributed by atoms with Crippen LogP contribution in [-0.2, 0) is 22.1 Å². The Bertz CT molecular complexity index is 633. The van der Waals surface area contributed by atoms with Crippen molar-refractivity contribution in [2.24, 2.45) is 0 Å². The first-order valence-electron chi connectivity index (χ1n) is 6.04. The van der Waals surface area contributed by atoms with E-state index in [-0.39, 0.29) is 12.2 Å². The molecule has 1 rings (SSSR count). The molecule has 0 heterocycles. The Labute approximate surface area is 131 Å². The number of benzene rings is 1. The molecule has 0 atom stereocenters. The fourth-order valence-corrected chi connectivity index (χ4v) is 2.47. The number of thioether (sulfide) groups is 1. The van der Waals surface area contributed by atoms with Gasteiger partial charge < -0.3 is 4.74 Å². The van der Waals surface area contributed by atoms with Crippen molar-refractivity contribution < 1.29 is 35.9 Å². The van der Waals surface area contributed by atoms with E-state index in [1.54, 1.807) is 0 Å². The smallest absolute Gasteiger partial charge is 0.446 e. The van der Waals surface area contributed by atoms with Gasteiger partial charge in [0.1, 0.15) is 6.07 Å². The van der Waals surface area contributed by atoms with Crippen LogP contribution in [0.15, 0.2) is 17.0 Å². The number of alkyl halides is 6. The lowest BCUT2D eigenvalue weighted by molar-refractivity contribution is -0.143. The average molecular weight is 357 g/mol. The summed E-state index contributed by atoms with van der Waals surface area (Å²) in [6.45, 7) is 1.46. The predicted molar refractivity (Wildman–Crippen MR) is 68.4 cm³/mol. The van der Waals surface area contributed by atoms with Crippen LogP contribution in [0, 0.1) is 11.3 Å². The summed E-state index contributed by atoms with van der Waals surface area (Å²) in [5.41, 5.74) is -8.01. The Morgan fingerprint density at radius 3 is 2.30 bits per heavy atom. The third-order valence-corrected chi connectivity index (χ3v) is 3.31. The third kappa shape index (κ3) is 5.35. The molecule has 0 aliphatic heterocycles. The van der Waals surface area contributed by atoms with E-state index in [1.807, 2.05) is 0 Å². The maximum atomic E-state index is 13.1. The number of halogens is 6. The predicted octanol–water partition coefficient (Wildman–Crippen LogP) is 4.29. The van der Waals surface area contributed by atoms with E-state index in [2.05, 4.69) is 4.74 Å². The van der Waals surface area contributed by atoms with Gasteiger partial charge in [-0.1, -0.05) is 6.07 Å². The summed E-state index contributed by atoms with van der Waals surface area (Å²) in [6.07, 6.45) is -5.82. The summed E-state index contributed by atoms with van der Waals surface area (Å²) < 4.78 is 81.0. The summed E-state index contributed by atoms with van der Waals surface area (Å²) in [7, 11) is 0. The van der Waals surface area contributed by atoms with Gasteiger partial charge in [-0.2, -0.15) is 31.6 Å². The molecule has 10 heteroatoms. The molecule has 0 saturated heterocycles. The number of carbonyl (C=O) groups excluding carboxylic acids is 1. The zero-order valence-corrected chi connectivity index (χ0v) is 12.3. The summed E-state index contributed by atoms with van der Waals surface area (Å²) >= 11 is -0.966. The van der Waals surface area contributed by atoms with E-state index in [0.29, 0.717) is 6.07 Å². The second kappa shape index (κ2) is 7.12. The van der Waals surface area contributed by atoms with Crippen LogP contribution in [0.5, 0.6) is 0 Å². The van der Waals surface area contributed by atoms with Crippen LogP contribution in [0.1, 0.15) is 23.6 Å². The molecule has 0 bridgehead atoms. The van der Waals surface area contributed by atoms with Gasteiger partial charge in [0.05, 0.1) is 24.2 Å². The monoisotopic (exact) mass is 357 g/mol. The van der Waals surface area contributed by atoms with Crippen LogP contribution in [0.3, 0.4) is 0 Å². The van der Waals surface area contributed by atoms with E-state index in [9.17, 15) is 31.1 Å². The zero-order valence-electron chi connectivity index (χ0n) is 11.5. The van der Waals surface area contributed by atoms with Crippen LogP contribution in [0.4, 0.5) is 26.3 Å². The van der Waals surface area contributed by atoms with Crippen LogP contribution < -0.4 is 0 Å². The topological polar surface area (TPSA) is 50.1 Å². The van der Waals surface area contributed by atoms with Crippen LogP contribution in [-0.4, -0.2) is 18.1 Å². The first-order valence-corrected chi connectivity index (χ1v) is 6.85. The fourth-order valence-electron chi connectivity index (χ4n) is 1.76. The standard InChI is InChI=1S/C13H9F6NO2S/c1-2-22-10(21)5-7-3-4-9(23-13(17,18)19)11(8(7)6-20)12(14,15)16/h3-4H,2,5H2,1H3. The largest absolute Gasteiger partial charge is 0.466 e. The molecule has 0 unspecified atom stereocenters.